The Bertz CT molecular complexity index is 1970. The van der Waals surface area contributed by atoms with Crippen molar-refractivity contribution in [3.63, 3.8) is 0 Å². The highest BCUT2D eigenvalue weighted by Crippen LogP contribution is 2.35. The van der Waals surface area contributed by atoms with Crippen LogP contribution in [0.1, 0.15) is 52.9 Å². The molecule has 2 saturated heterocycles. The Morgan fingerprint density at radius 1 is 0.741 bits per heavy atom. The molecule has 2 N–H and O–H groups in total. The summed E-state index contributed by atoms with van der Waals surface area (Å²) in [4.78, 5) is 34.8. The monoisotopic (exact) mass is 723 g/mol. The maximum absolute atomic E-state index is 15.0. The van der Waals surface area contributed by atoms with Gasteiger partial charge in [-0.15, -0.1) is 0 Å². The van der Waals surface area contributed by atoms with E-state index in [-0.39, 0.29) is 30.4 Å². The maximum Gasteiger partial charge on any atom is 0.256 e. The number of aliphatic hydroxyl groups excluding tert-OH is 1. The molecule has 280 valence electrons. The molecule has 0 saturated carbocycles. The molecule has 8 nitrogen and oxygen atoms in total. The number of hydrogen-bond acceptors (Lipinski definition) is 5. The number of aromatic nitrogens is 1. The van der Waals surface area contributed by atoms with E-state index in [4.69, 9.17) is 5.11 Å². The molecule has 0 spiro atoms. The predicted molar refractivity (Wildman–Crippen MR) is 217 cm³/mol. The zero-order valence-electron chi connectivity index (χ0n) is 31.4. The number of nitrogens with zero attached hydrogens (tertiary/aromatic N) is 4. The fourth-order valence-electron chi connectivity index (χ4n) is 8.22. The van der Waals surface area contributed by atoms with Crippen LogP contribution in [-0.2, 0) is 17.8 Å². The number of anilines is 1. The minimum atomic E-state index is 0.00873. The molecule has 2 aliphatic rings. The number of benzene rings is 4. The average molecular weight is 724 g/mol. The van der Waals surface area contributed by atoms with Crippen LogP contribution >= 0.6 is 0 Å². The van der Waals surface area contributed by atoms with Crippen LogP contribution in [0.2, 0.25) is 0 Å². The fourth-order valence-corrected chi connectivity index (χ4v) is 8.22. The van der Waals surface area contributed by atoms with E-state index < -0.39 is 0 Å². The Kier molecular flexibility index (Phi) is 12.2. The molecule has 0 radical (unpaired) electrons. The third-order valence-electron chi connectivity index (χ3n) is 11.1. The first-order valence-electron chi connectivity index (χ1n) is 19.6. The second-order valence-corrected chi connectivity index (χ2v) is 14.8. The number of carbonyl (C=O) groups excluding carboxylic acids is 2. The minimum absolute atomic E-state index is 0.00873. The van der Waals surface area contributed by atoms with Gasteiger partial charge in [-0.1, -0.05) is 97.1 Å². The number of piperidine rings is 1. The van der Waals surface area contributed by atoms with Crippen molar-refractivity contribution in [3.8, 4) is 16.9 Å². The van der Waals surface area contributed by atoms with Gasteiger partial charge in [-0.2, -0.15) is 0 Å². The maximum atomic E-state index is 15.0. The summed E-state index contributed by atoms with van der Waals surface area (Å²) in [5, 5.41) is 12.1. The second-order valence-electron chi connectivity index (χ2n) is 14.8. The summed E-state index contributed by atoms with van der Waals surface area (Å²) in [6, 6.07) is 42.2. The molecule has 2 aliphatic heterocycles. The number of hydrogen-bond donors (Lipinski definition) is 2. The zero-order valence-corrected chi connectivity index (χ0v) is 31.4. The number of aryl methyl sites for hydroxylation is 1. The number of carbonyl (C=O) groups is 2. The van der Waals surface area contributed by atoms with Crippen LogP contribution in [0, 0.1) is 12.8 Å². The topological polar surface area (TPSA) is 81.1 Å². The lowest BCUT2D eigenvalue weighted by atomic mass is 9.95. The molecule has 0 unspecified atom stereocenters. The van der Waals surface area contributed by atoms with Crippen molar-refractivity contribution in [2.75, 3.05) is 50.8 Å². The molecule has 8 heteroatoms. The standard InChI is InChI=1S/C46H53N5O3/c1-35-30-43(46(54)50-28-27-48(33-37-16-7-3-8-17-37)34-42(50)31-36-14-5-2-6-15-36)44(38-18-9-4-10-19-38)51(35)41-21-13-20-40(32-41)49-25-22-39(23-26-49)45(53)47-24-11-12-29-52/h2-10,13-21,30,32,39,42,52H,11-12,22-29,31,33-34H2,1H3,(H,47,53)/t42-/m1/s1. The third-order valence-corrected chi connectivity index (χ3v) is 11.1. The van der Waals surface area contributed by atoms with E-state index in [1.807, 2.05) is 24.3 Å². The van der Waals surface area contributed by atoms with E-state index in [0.29, 0.717) is 19.5 Å². The van der Waals surface area contributed by atoms with Crippen LogP contribution in [0.3, 0.4) is 0 Å². The van der Waals surface area contributed by atoms with E-state index in [0.717, 1.165) is 92.3 Å². The van der Waals surface area contributed by atoms with Gasteiger partial charge in [0, 0.05) is 81.4 Å². The molecule has 1 aromatic heterocycles. The van der Waals surface area contributed by atoms with Crippen LogP contribution in [0.25, 0.3) is 16.9 Å². The summed E-state index contributed by atoms with van der Waals surface area (Å²) in [7, 11) is 0. The number of unbranched alkanes of at least 4 members (excludes halogenated alkanes) is 1. The number of amides is 2. The van der Waals surface area contributed by atoms with E-state index in [9.17, 15) is 9.59 Å². The Morgan fingerprint density at radius 2 is 1.41 bits per heavy atom. The molecule has 2 fully saturated rings. The van der Waals surface area contributed by atoms with Crippen molar-refractivity contribution in [3.05, 3.63) is 144 Å². The molecule has 3 heterocycles. The normalized spacial score (nSPS) is 16.7. The average Bonchev–Trinajstić information content (AvgIpc) is 3.57. The summed E-state index contributed by atoms with van der Waals surface area (Å²) < 4.78 is 2.25. The largest absolute Gasteiger partial charge is 0.396 e. The molecule has 54 heavy (non-hydrogen) atoms. The van der Waals surface area contributed by atoms with E-state index in [1.54, 1.807) is 0 Å². The van der Waals surface area contributed by atoms with Crippen LogP contribution in [0.15, 0.2) is 121 Å². The van der Waals surface area contributed by atoms with E-state index >= 15 is 0 Å². The number of rotatable bonds is 13. The summed E-state index contributed by atoms with van der Waals surface area (Å²) in [5.41, 5.74) is 8.31. The van der Waals surface area contributed by atoms with Crippen LogP contribution in [0.4, 0.5) is 5.69 Å². The molecule has 2 amide bonds. The lowest BCUT2D eigenvalue weighted by Gasteiger charge is -2.42. The van der Waals surface area contributed by atoms with Gasteiger partial charge in [0.1, 0.15) is 0 Å². The van der Waals surface area contributed by atoms with Gasteiger partial charge in [-0.05, 0) is 80.0 Å². The third kappa shape index (κ3) is 8.78. The Balaban J connectivity index is 1.15. The van der Waals surface area contributed by atoms with Crippen LogP contribution in [0.5, 0.6) is 0 Å². The first-order chi connectivity index (χ1) is 26.5. The molecule has 5 aromatic rings. The van der Waals surface area contributed by atoms with Crippen molar-refractivity contribution in [1.29, 1.82) is 0 Å². The number of nitrogens with one attached hydrogen (secondary N) is 1. The quantitative estimate of drug-likeness (QED) is 0.127. The van der Waals surface area contributed by atoms with Crippen molar-refractivity contribution in [2.45, 2.75) is 51.6 Å². The molecular formula is C46H53N5O3. The fraction of sp³-hybridized carbons (Fsp3) is 0.348. The highest BCUT2D eigenvalue weighted by Gasteiger charge is 2.34. The first kappa shape index (κ1) is 37.1. The van der Waals surface area contributed by atoms with Gasteiger partial charge < -0.3 is 24.8 Å². The van der Waals surface area contributed by atoms with Gasteiger partial charge in [-0.3, -0.25) is 14.5 Å². The summed E-state index contributed by atoms with van der Waals surface area (Å²) in [6.45, 7) is 7.62. The van der Waals surface area contributed by atoms with Gasteiger partial charge >= 0.3 is 0 Å². The Morgan fingerprint density at radius 3 is 2.11 bits per heavy atom. The SMILES string of the molecule is Cc1cc(C(=O)N2CCN(Cc3ccccc3)C[C@H]2Cc2ccccc2)c(-c2ccccc2)n1-c1cccc(N2CCC(C(=O)NCCCCO)CC2)c1. The Labute approximate surface area is 320 Å². The van der Waals surface area contributed by atoms with Crippen molar-refractivity contribution in [2.24, 2.45) is 5.92 Å². The molecule has 0 bridgehead atoms. The highest BCUT2D eigenvalue weighted by atomic mass is 16.3. The van der Waals surface area contributed by atoms with Gasteiger partial charge in [0.25, 0.3) is 5.91 Å². The molecule has 4 aromatic carbocycles. The van der Waals surface area contributed by atoms with E-state index in [1.165, 1.54) is 11.1 Å². The van der Waals surface area contributed by atoms with Crippen LogP contribution < -0.4 is 10.2 Å². The first-order valence-corrected chi connectivity index (χ1v) is 19.6. The lowest BCUT2D eigenvalue weighted by molar-refractivity contribution is -0.125. The summed E-state index contributed by atoms with van der Waals surface area (Å²) >= 11 is 0. The minimum Gasteiger partial charge on any atom is -0.396 e. The van der Waals surface area contributed by atoms with Gasteiger partial charge in [0.2, 0.25) is 5.91 Å². The lowest BCUT2D eigenvalue weighted by Crippen LogP contribution is -2.55. The smallest absolute Gasteiger partial charge is 0.256 e. The van der Waals surface area contributed by atoms with E-state index in [2.05, 4.69) is 129 Å². The Hall–Kier alpha value is -5.18. The van der Waals surface area contributed by atoms with Crippen molar-refractivity contribution >= 4 is 17.5 Å². The van der Waals surface area contributed by atoms with Gasteiger partial charge in [-0.25, -0.2) is 0 Å². The second kappa shape index (κ2) is 17.8. The molecule has 0 aliphatic carbocycles. The number of piperazine rings is 1. The van der Waals surface area contributed by atoms with Crippen molar-refractivity contribution in [1.82, 2.24) is 19.7 Å². The summed E-state index contributed by atoms with van der Waals surface area (Å²) in [6.07, 6.45) is 3.90. The van der Waals surface area contributed by atoms with Gasteiger partial charge in [0.15, 0.2) is 0 Å². The van der Waals surface area contributed by atoms with Gasteiger partial charge in [0.05, 0.1) is 11.3 Å². The van der Waals surface area contributed by atoms with Crippen LogP contribution in [-0.4, -0.2) is 83.2 Å². The highest BCUT2D eigenvalue weighted by molar-refractivity contribution is 6.01. The molecule has 7 rings (SSSR count). The molecular weight excluding hydrogens is 671 g/mol. The summed E-state index contributed by atoms with van der Waals surface area (Å²) in [5.74, 6) is 0.205. The predicted octanol–water partition coefficient (Wildman–Crippen LogP) is 7.13. The molecule has 1 atom stereocenters. The number of aliphatic hydroxyl groups is 1. The zero-order chi connectivity index (χ0) is 37.3. The van der Waals surface area contributed by atoms with Crippen molar-refractivity contribution < 1.29 is 14.7 Å².